The molecule has 0 saturated carbocycles. The minimum absolute atomic E-state index is 0.0181. The summed E-state index contributed by atoms with van der Waals surface area (Å²) in [6, 6.07) is 19.3. The summed E-state index contributed by atoms with van der Waals surface area (Å²) < 4.78 is 21.3. The largest absolute Gasteiger partial charge is 0.496 e. The number of carbonyl (C=O) groups is 1. The maximum atomic E-state index is 13.8. The average Bonchev–Trinajstić information content (AvgIpc) is 2.76. The number of benzene rings is 3. The molecule has 0 unspecified atom stereocenters. The van der Waals surface area contributed by atoms with Gasteiger partial charge in [0.2, 0.25) is 0 Å². The molecule has 0 bridgehead atoms. The van der Waals surface area contributed by atoms with Crippen LogP contribution in [-0.4, -0.2) is 13.0 Å². The molecular formula is C24H17BrFIN2O2. The molecule has 0 aliphatic carbocycles. The third kappa shape index (κ3) is 5.71. The second kappa shape index (κ2) is 10.6. The highest BCUT2D eigenvalue weighted by atomic mass is 127. The van der Waals surface area contributed by atoms with Gasteiger partial charge >= 0.3 is 0 Å². The number of nitrogens with zero attached hydrogens (tertiary/aromatic N) is 1. The van der Waals surface area contributed by atoms with Gasteiger partial charge in [-0.3, -0.25) is 4.79 Å². The van der Waals surface area contributed by atoms with Gasteiger partial charge in [-0.2, -0.15) is 5.26 Å². The lowest BCUT2D eigenvalue weighted by molar-refractivity contribution is -0.112. The second-order valence-corrected chi connectivity index (χ2v) is 8.57. The van der Waals surface area contributed by atoms with E-state index in [0.717, 1.165) is 19.2 Å². The standard InChI is InChI=1S/C24H17BrFIN2O2/c1-31-23-12-15(11-21(27)18(23)13-16-6-2-3-7-19(16)25)10-17(14-28)24(30)29-22-9-5-4-8-20(22)26/h2-12H,13H2,1H3,(H,29,30)/b17-10+. The predicted molar refractivity (Wildman–Crippen MR) is 131 cm³/mol. The lowest BCUT2D eigenvalue weighted by Crippen LogP contribution is -2.14. The fraction of sp³-hybridized carbons (Fsp3) is 0.0833. The van der Waals surface area contributed by atoms with Crippen LogP contribution in [0.15, 0.2) is 70.7 Å². The third-order valence-corrected chi connectivity index (χ3v) is 6.26. The number of nitriles is 1. The molecule has 0 radical (unpaired) electrons. The van der Waals surface area contributed by atoms with E-state index in [1.165, 1.54) is 24.3 Å². The van der Waals surface area contributed by atoms with Crippen LogP contribution in [0.2, 0.25) is 0 Å². The minimum atomic E-state index is -0.682. The highest BCUT2D eigenvalue weighted by Crippen LogP contribution is 2.31. The molecule has 0 fully saturated rings. The summed E-state index contributed by atoms with van der Waals surface area (Å²) >= 11 is 5.78. The maximum absolute atomic E-state index is 13.8. The van der Waals surface area contributed by atoms with Crippen LogP contribution in [-0.2, 0) is 11.2 Å². The molecule has 0 atom stereocenters. The minimum Gasteiger partial charge on any atom is -0.496 e. The Bertz CT molecular complexity index is 1200. The molecule has 0 saturated heterocycles. The normalized spacial score (nSPS) is 11.0. The van der Waals surface area contributed by atoms with Gasteiger partial charge < -0.3 is 10.1 Å². The highest BCUT2D eigenvalue weighted by Gasteiger charge is 2.15. The molecule has 3 aromatic rings. The summed E-state index contributed by atoms with van der Waals surface area (Å²) in [6.45, 7) is 0. The van der Waals surface area contributed by atoms with E-state index in [1.54, 1.807) is 19.2 Å². The molecule has 31 heavy (non-hydrogen) atoms. The monoisotopic (exact) mass is 590 g/mol. The van der Waals surface area contributed by atoms with Gasteiger partial charge in [-0.25, -0.2) is 4.39 Å². The van der Waals surface area contributed by atoms with Crippen LogP contribution in [0.4, 0.5) is 10.1 Å². The molecule has 0 aliphatic heterocycles. The van der Waals surface area contributed by atoms with Crippen molar-refractivity contribution in [2.24, 2.45) is 0 Å². The molecule has 0 heterocycles. The molecule has 0 spiro atoms. The number of halogens is 3. The van der Waals surface area contributed by atoms with E-state index in [1.807, 2.05) is 36.4 Å². The van der Waals surface area contributed by atoms with E-state index in [2.05, 4.69) is 43.8 Å². The Morgan fingerprint density at radius 1 is 1.23 bits per heavy atom. The van der Waals surface area contributed by atoms with Crippen LogP contribution in [0.25, 0.3) is 6.08 Å². The summed E-state index contributed by atoms with van der Waals surface area (Å²) in [5.41, 5.74) is 2.63. The van der Waals surface area contributed by atoms with Crippen molar-refractivity contribution in [3.8, 4) is 11.8 Å². The van der Waals surface area contributed by atoms with Crippen LogP contribution < -0.4 is 10.1 Å². The summed E-state index contributed by atoms with van der Waals surface area (Å²) in [5, 5.41) is 11.9. The van der Waals surface area contributed by atoms with Crippen molar-refractivity contribution in [3.63, 3.8) is 0 Å². The topological polar surface area (TPSA) is 62.1 Å². The van der Waals surface area contributed by atoms with Crippen LogP contribution in [0.3, 0.4) is 0 Å². The fourth-order valence-electron chi connectivity index (χ4n) is 2.97. The molecule has 7 heteroatoms. The molecule has 1 N–H and O–H groups in total. The first-order valence-electron chi connectivity index (χ1n) is 9.20. The average molecular weight is 591 g/mol. The summed E-state index contributed by atoms with van der Waals surface area (Å²) in [7, 11) is 1.58. The molecule has 156 valence electrons. The molecule has 3 rings (SSSR count). The molecule has 3 aromatic carbocycles. The van der Waals surface area contributed by atoms with Gasteiger partial charge in [0.05, 0.1) is 12.8 Å². The van der Waals surface area contributed by atoms with Crippen LogP contribution in [0.5, 0.6) is 5.75 Å². The van der Waals surface area contributed by atoms with Crippen LogP contribution in [0.1, 0.15) is 16.7 Å². The number of hydrogen-bond acceptors (Lipinski definition) is 3. The van der Waals surface area contributed by atoms with E-state index in [9.17, 15) is 14.4 Å². The fourth-order valence-corrected chi connectivity index (χ4v) is 4.21. The zero-order valence-corrected chi connectivity index (χ0v) is 20.2. The number of nitrogens with one attached hydrogen (secondary N) is 1. The van der Waals surface area contributed by atoms with Crippen molar-refractivity contribution in [1.29, 1.82) is 5.26 Å². The van der Waals surface area contributed by atoms with Crippen molar-refractivity contribution in [1.82, 2.24) is 0 Å². The van der Waals surface area contributed by atoms with Crippen molar-refractivity contribution in [2.45, 2.75) is 6.42 Å². The van der Waals surface area contributed by atoms with Crippen molar-refractivity contribution in [3.05, 3.63) is 96.8 Å². The van der Waals surface area contributed by atoms with Crippen LogP contribution >= 0.6 is 38.5 Å². The number of para-hydroxylation sites is 1. The van der Waals surface area contributed by atoms with E-state index in [0.29, 0.717) is 17.7 Å². The number of carbonyl (C=O) groups excluding carboxylic acids is 1. The van der Waals surface area contributed by atoms with Gasteiger partial charge in [0.25, 0.3) is 5.91 Å². The molecule has 0 aromatic heterocycles. The SMILES string of the molecule is COc1cc(/C=C(\C#N)C(=O)Nc2ccccc2F)cc(I)c1Cc1ccccc1Br. The summed E-state index contributed by atoms with van der Waals surface area (Å²) in [4.78, 5) is 12.5. The van der Waals surface area contributed by atoms with E-state index >= 15 is 0 Å². The van der Waals surface area contributed by atoms with Gasteiger partial charge in [-0.05, 0) is 70.1 Å². The molecule has 4 nitrogen and oxygen atoms in total. The zero-order valence-electron chi connectivity index (χ0n) is 16.5. The van der Waals surface area contributed by atoms with Gasteiger partial charge in [-0.15, -0.1) is 0 Å². The highest BCUT2D eigenvalue weighted by molar-refractivity contribution is 14.1. The van der Waals surface area contributed by atoms with Crippen molar-refractivity contribution in [2.75, 3.05) is 12.4 Å². The second-order valence-electron chi connectivity index (χ2n) is 6.56. The lowest BCUT2D eigenvalue weighted by atomic mass is 10.0. The first kappa shape index (κ1) is 23.0. The maximum Gasteiger partial charge on any atom is 0.266 e. The summed E-state index contributed by atoms with van der Waals surface area (Å²) in [6.07, 6.45) is 2.12. The predicted octanol–water partition coefficient (Wildman–Crippen LogP) is 6.34. The Hall–Kier alpha value is -2.70. The number of anilines is 1. The van der Waals surface area contributed by atoms with Gasteiger partial charge in [0.1, 0.15) is 23.2 Å². The van der Waals surface area contributed by atoms with E-state index < -0.39 is 11.7 Å². The van der Waals surface area contributed by atoms with Crippen LogP contribution in [0, 0.1) is 20.7 Å². The molecular weight excluding hydrogens is 574 g/mol. The number of amides is 1. The summed E-state index contributed by atoms with van der Waals surface area (Å²) in [5.74, 6) is -0.597. The van der Waals surface area contributed by atoms with Crippen molar-refractivity contribution < 1.29 is 13.9 Å². The Balaban J connectivity index is 1.91. The molecule has 1 amide bonds. The Morgan fingerprint density at radius 3 is 2.61 bits per heavy atom. The number of ether oxygens (including phenoxy) is 1. The first-order valence-corrected chi connectivity index (χ1v) is 11.1. The number of methoxy groups -OCH3 is 1. The first-order chi connectivity index (χ1) is 14.9. The van der Waals surface area contributed by atoms with Gasteiger partial charge in [-0.1, -0.05) is 46.3 Å². The van der Waals surface area contributed by atoms with E-state index in [-0.39, 0.29) is 11.3 Å². The number of hydrogen-bond donors (Lipinski definition) is 1. The van der Waals surface area contributed by atoms with Gasteiger partial charge in [0.15, 0.2) is 0 Å². The number of rotatable bonds is 6. The Morgan fingerprint density at radius 2 is 1.94 bits per heavy atom. The van der Waals surface area contributed by atoms with Gasteiger partial charge in [0, 0.05) is 20.0 Å². The zero-order chi connectivity index (χ0) is 22.4. The smallest absolute Gasteiger partial charge is 0.266 e. The third-order valence-electron chi connectivity index (χ3n) is 4.52. The Labute approximate surface area is 202 Å². The quantitative estimate of drug-likeness (QED) is 0.207. The Kier molecular flexibility index (Phi) is 7.82. The van der Waals surface area contributed by atoms with E-state index in [4.69, 9.17) is 4.74 Å². The lowest BCUT2D eigenvalue weighted by Gasteiger charge is -2.13. The van der Waals surface area contributed by atoms with Crippen molar-refractivity contribution >= 4 is 56.2 Å². The molecule has 0 aliphatic rings.